The molecule has 0 saturated heterocycles. The van der Waals surface area contributed by atoms with Gasteiger partial charge in [-0.1, -0.05) is 24.9 Å². The summed E-state index contributed by atoms with van der Waals surface area (Å²) in [5, 5.41) is 2.97. The normalized spacial score (nSPS) is 23.1. The largest absolute Gasteiger partial charge is 0.328 e. The lowest BCUT2D eigenvalue weighted by atomic mass is 10.1. The fourth-order valence-electron chi connectivity index (χ4n) is 2.21. The van der Waals surface area contributed by atoms with Gasteiger partial charge in [-0.05, 0) is 25.5 Å². The van der Waals surface area contributed by atoms with Gasteiger partial charge in [-0.2, -0.15) is 0 Å². The monoisotopic (exact) mass is 240 g/mol. The quantitative estimate of drug-likeness (QED) is 0.856. The fraction of sp³-hybridized carbons (Fsp3) is 0.455. The predicted molar refractivity (Wildman–Crippen MR) is 61.7 cm³/mol. The molecular formula is C11H13ClN2O2. The van der Waals surface area contributed by atoms with Crippen LogP contribution in [0.1, 0.15) is 37.2 Å². The Morgan fingerprint density at radius 2 is 2.12 bits per heavy atom. The van der Waals surface area contributed by atoms with Crippen LogP contribution in [0.5, 0.6) is 0 Å². The van der Waals surface area contributed by atoms with E-state index in [0.717, 1.165) is 6.42 Å². The second-order valence-electron chi connectivity index (χ2n) is 4.19. The molecule has 0 aliphatic carbocycles. The topological polar surface area (TPSA) is 51.1 Å². The Kier molecular flexibility index (Phi) is 2.54. The first-order chi connectivity index (χ1) is 7.49. The molecule has 1 aromatic heterocycles. The van der Waals surface area contributed by atoms with E-state index in [1.165, 1.54) is 10.6 Å². The van der Waals surface area contributed by atoms with Crippen molar-refractivity contribution in [3.63, 3.8) is 0 Å². The molecule has 0 radical (unpaired) electrons. The van der Waals surface area contributed by atoms with Crippen LogP contribution < -0.4 is 10.9 Å². The van der Waals surface area contributed by atoms with Crippen molar-refractivity contribution in [2.24, 2.45) is 0 Å². The second-order valence-corrected chi connectivity index (χ2v) is 4.59. The van der Waals surface area contributed by atoms with E-state index in [4.69, 9.17) is 11.6 Å². The molecule has 1 aromatic rings. The van der Waals surface area contributed by atoms with E-state index in [-0.39, 0.29) is 16.5 Å². The van der Waals surface area contributed by atoms with Crippen molar-refractivity contribution >= 4 is 17.5 Å². The number of fused-ring (bicyclic) bond motifs is 1. The first-order valence-electron chi connectivity index (χ1n) is 5.24. The van der Waals surface area contributed by atoms with Crippen LogP contribution in [0.25, 0.3) is 0 Å². The summed E-state index contributed by atoms with van der Waals surface area (Å²) in [6.07, 6.45) is 1.57. The smallest absolute Gasteiger partial charge is 0.271 e. The van der Waals surface area contributed by atoms with Crippen LogP contribution in [0.4, 0.5) is 0 Å². The molecule has 1 aliphatic rings. The van der Waals surface area contributed by atoms with Crippen LogP contribution in [0.3, 0.4) is 0 Å². The van der Waals surface area contributed by atoms with Crippen molar-refractivity contribution < 1.29 is 4.79 Å². The Morgan fingerprint density at radius 1 is 1.44 bits per heavy atom. The van der Waals surface area contributed by atoms with Crippen molar-refractivity contribution in [2.75, 3.05) is 0 Å². The van der Waals surface area contributed by atoms with Crippen molar-refractivity contribution in [3.8, 4) is 0 Å². The summed E-state index contributed by atoms with van der Waals surface area (Å²) in [5.74, 6) is -0.218. The minimum atomic E-state index is -0.650. The zero-order chi connectivity index (χ0) is 11.9. The molecule has 0 bridgehead atoms. The fourth-order valence-corrected chi connectivity index (χ4v) is 2.35. The Morgan fingerprint density at radius 3 is 2.75 bits per heavy atom. The molecule has 0 aromatic carbocycles. The zero-order valence-electron chi connectivity index (χ0n) is 9.21. The van der Waals surface area contributed by atoms with Gasteiger partial charge in [0.2, 0.25) is 0 Å². The number of nitrogens with one attached hydrogen (secondary N) is 1. The van der Waals surface area contributed by atoms with E-state index >= 15 is 0 Å². The first kappa shape index (κ1) is 11.2. The van der Waals surface area contributed by atoms with Gasteiger partial charge in [0.15, 0.2) is 0 Å². The van der Waals surface area contributed by atoms with Crippen LogP contribution in [0.2, 0.25) is 5.02 Å². The van der Waals surface area contributed by atoms with Crippen LogP contribution in [-0.4, -0.2) is 10.5 Å². The minimum Gasteiger partial charge on any atom is -0.328 e. The summed E-state index contributed by atoms with van der Waals surface area (Å²) >= 11 is 5.80. The summed E-state index contributed by atoms with van der Waals surface area (Å²) in [7, 11) is 0. The number of hydrogen-bond acceptors (Lipinski definition) is 2. The summed E-state index contributed by atoms with van der Waals surface area (Å²) in [6, 6.07) is 3.05. The van der Waals surface area contributed by atoms with Crippen molar-refractivity contribution in [3.05, 3.63) is 33.2 Å². The summed E-state index contributed by atoms with van der Waals surface area (Å²) in [4.78, 5) is 23.6. The third-order valence-electron chi connectivity index (χ3n) is 2.88. The van der Waals surface area contributed by atoms with E-state index in [2.05, 4.69) is 5.32 Å². The number of hydrogen-bond donors (Lipinski definition) is 1. The lowest BCUT2D eigenvalue weighted by Crippen LogP contribution is -2.44. The van der Waals surface area contributed by atoms with Gasteiger partial charge in [-0.15, -0.1) is 0 Å². The average Bonchev–Trinajstić information content (AvgIpc) is 2.45. The maximum absolute atomic E-state index is 11.9. The molecule has 2 rings (SSSR count). The van der Waals surface area contributed by atoms with E-state index in [1.54, 1.807) is 6.07 Å². The van der Waals surface area contributed by atoms with Crippen LogP contribution in [-0.2, 0) is 5.66 Å². The predicted octanol–water partition coefficient (Wildman–Crippen LogP) is 1.72. The number of rotatable bonds is 2. The van der Waals surface area contributed by atoms with E-state index in [0.29, 0.717) is 12.1 Å². The number of nitrogens with zero attached hydrogens (tertiary/aromatic N) is 1. The third-order valence-corrected chi connectivity index (χ3v) is 3.17. The molecule has 1 amide bonds. The standard InChI is InChI=1S/C11H13ClN2O2/c1-3-6-11(2)13-9(15)8-5-4-7(12)10(16)14(8)11/h4-5H,3,6H2,1-2H3,(H,13,15). The Labute approximate surface area is 98.2 Å². The van der Waals surface area contributed by atoms with Gasteiger partial charge in [-0.25, -0.2) is 0 Å². The lowest BCUT2D eigenvalue weighted by Gasteiger charge is -2.26. The van der Waals surface area contributed by atoms with E-state index in [9.17, 15) is 9.59 Å². The van der Waals surface area contributed by atoms with Gasteiger partial charge in [0.05, 0.1) is 0 Å². The van der Waals surface area contributed by atoms with Gasteiger partial charge < -0.3 is 5.32 Å². The van der Waals surface area contributed by atoms with Crippen molar-refractivity contribution in [2.45, 2.75) is 32.4 Å². The molecular weight excluding hydrogens is 228 g/mol. The Bertz CT molecular complexity index is 509. The molecule has 2 heterocycles. The lowest BCUT2D eigenvalue weighted by molar-refractivity contribution is 0.0921. The number of carbonyl (C=O) groups excluding carboxylic acids is 1. The molecule has 4 nitrogen and oxygen atoms in total. The number of aromatic nitrogens is 1. The van der Waals surface area contributed by atoms with Crippen molar-refractivity contribution in [1.82, 2.24) is 9.88 Å². The molecule has 1 unspecified atom stereocenters. The maximum atomic E-state index is 11.9. The highest BCUT2D eigenvalue weighted by molar-refractivity contribution is 6.30. The molecule has 1 aliphatic heterocycles. The molecule has 86 valence electrons. The highest BCUT2D eigenvalue weighted by Crippen LogP contribution is 2.26. The molecule has 0 saturated carbocycles. The van der Waals surface area contributed by atoms with Gasteiger partial charge in [0.25, 0.3) is 11.5 Å². The second kappa shape index (κ2) is 3.63. The van der Waals surface area contributed by atoms with Crippen LogP contribution in [0, 0.1) is 0 Å². The average molecular weight is 241 g/mol. The number of amides is 1. The molecule has 0 spiro atoms. The maximum Gasteiger partial charge on any atom is 0.271 e. The molecule has 1 atom stereocenters. The van der Waals surface area contributed by atoms with Crippen molar-refractivity contribution in [1.29, 1.82) is 0 Å². The molecule has 16 heavy (non-hydrogen) atoms. The van der Waals surface area contributed by atoms with Gasteiger partial charge >= 0.3 is 0 Å². The summed E-state index contributed by atoms with van der Waals surface area (Å²) < 4.78 is 1.46. The Hall–Kier alpha value is -1.29. The van der Waals surface area contributed by atoms with E-state index < -0.39 is 5.66 Å². The number of carbonyl (C=O) groups is 1. The van der Waals surface area contributed by atoms with Gasteiger partial charge in [0, 0.05) is 0 Å². The third kappa shape index (κ3) is 1.45. The molecule has 0 fully saturated rings. The SMILES string of the molecule is CCCC1(C)NC(=O)c2ccc(Cl)c(=O)n21. The van der Waals surface area contributed by atoms with Gasteiger partial charge in [0.1, 0.15) is 16.4 Å². The highest BCUT2D eigenvalue weighted by Gasteiger charge is 2.38. The molecule has 5 heteroatoms. The number of halogens is 1. The Balaban J connectivity index is 2.68. The molecule has 1 N–H and O–H groups in total. The van der Waals surface area contributed by atoms with Crippen LogP contribution in [0.15, 0.2) is 16.9 Å². The number of pyridine rings is 1. The first-order valence-corrected chi connectivity index (χ1v) is 5.62. The summed E-state index contributed by atoms with van der Waals surface area (Å²) in [5.41, 5.74) is -0.581. The highest BCUT2D eigenvalue weighted by atomic mass is 35.5. The minimum absolute atomic E-state index is 0.141. The van der Waals surface area contributed by atoms with Gasteiger partial charge in [-0.3, -0.25) is 14.2 Å². The van der Waals surface area contributed by atoms with Crippen LogP contribution >= 0.6 is 11.6 Å². The summed E-state index contributed by atoms with van der Waals surface area (Å²) in [6.45, 7) is 3.84. The van der Waals surface area contributed by atoms with E-state index in [1.807, 2.05) is 13.8 Å². The zero-order valence-corrected chi connectivity index (χ0v) is 9.97.